The normalized spacial score (nSPS) is 10.4. The number of amides is 1. The van der Waals surface area contributed by atoms with Gasteiger partial charge < -0.3 is 4.52 Å². The summed E-state index contributed by atoms with van der Waals surface area (Å²) < 4.78 is 5.07. The van der Waals surface area contributed by atoms with E-state index in [-0.39, 0.29) is 11.6 Å². The maximum atomic E-state index is 11.9. The molecule has 0 spiro atoms. The Kier molecular flexibility index (Phi) is 3.36. The second-order valence-corrected chi connectivity index (χ2v) is 3.93. The number of anilines is 1. The molecular formula is C12H14N4O2. The number of carbonyl (C=O) groups excluding carboxylic acids is 1. The molecule has 0 bridgehead atoms. The molecule has 1 amide bonds. The van der Waals surface area contributed by atoms with Crippen LogP contribution >= 0.6 is 0 Å². The number of aromatic nitrogens is 3. The SMILES string of the molecule is CCc1c(C)noc1NC(=O)c1cnc(C)cn1. The second-order valence-electron chi connectivity index (χ2n) is 3.93. The molecule has 2 aromatic heterocycles. The van der Waals surface area contributed by atoms with E-state index in [1.165, 1.54) is 6.20 Å². The van der Waals surface area contributed by atoms with Crippen LogP contribution in [0.2, 0.25) is 0 Å². The van der Waals surface area contributed by atoms with Gasteiger partial charge in [-0.15, -0.1) is 0 Å². The Morgan fingerprint density at radius 2 is 2.11 bits per heavy atom. The lowest BCUT2D eigenvalue weighted by atomic mass is 10.2. The summed E-state index contributed by atoms with van der Waals surface area (Å²) in [6.07, 6.45) is 3.71. The first-order chi connectivity index (χ1) is 8.61. The van der Waals surface area contributed by atoms with Gasteiger partial charge in [-0.1, -0.05) is 12.1 Å². The quantitative estimate of drug-likeness (QED) is 0.894. The molecule has 2 heterocycles. The topological polar surface area (TPSA) is 80.9 Å². The van der Waals surface area contributed by atoms with Crippen molar-refractivity contribution in [2.45, 2.75) is 27.2 Å². The van der Waals surface area contributed by atoms with Crippen molar-refractivity contribution in [2.24, 2.45) is 0 Å². The molecule has 0 unspecified atom stereocenters. The van der Waals surface area contributed by atoms with E-state index in [9.17, 15) is 4.79 Å². The second kappa shape index (κ2) is 4.95. The minimum absolute atomic E-state index is 0.247. The third-order valence-corrected chi connectivity index (χ3v) is 2.58. The molecule has 0 aliphatic heterocycles. The minimum Gasteiger partial charge on any atom is -0.338 e. The smallest absolute Gasteiger partial charge is 0.278 e. The molecule has 6 heteroatoms. The van der Waals surface area contributed by atoms with Crippen molar-refractivity contribution < 1.29 is 9.32 Å². The van der Waals surface area contributed by atoms with Crippen LogP contribution in [0.5, 0.6) is 0 Å². The molecule has 0 aromatic carbocycles. The fourth-order valence-electron chi connectivity index (χ4n) is 1.58. The highest BCUT2D eigenvalue weighted by molar-refractivity contribution is 6.02. The van der Waals surface area contributed by atoms with Crippen LogP contribution in [0, 0.1) is 13.8 Å². The molecule has 0 aliphatic rings. The summed E-state index contributed by atoms with van der Waals surface area (Å²) in [5, 5.41) is 6.47. The summed E-state index contributed by atoms with van der Waals surface area (Å²) in [6.45, 7) is 5.62. The standard InChI is InChI=1S/C12H14N4O2/c1-4-9-8(3)16-18-12(9)15-11(17)10-6-13-7(2)5-14-10/h5-6H,4H2,1-3H3,(H,15,17). The molecule has 0 saturated heterocycles. The van der Waals surface area contributed by atoms with Gasteiger partial charge in [0.1, 0.15) is 5.69 Å². The van der Waals surface area contributed by atoms with E-state index in [0.29, 0.717) is 5.88 Å². The van der Waals surface area contributed by atoms with Gasteiger partial charge in [0.05, 0.1) is 17.6 Å². The lowest BCUT2D eigenvalue weighted by molar-refractivity contribution is 0.101. The third-order valence-electron chi connectivity index (χ3n) is 2.58. The average Bonchev–Trinajstić information content (AvgIpc) is 2.70. The van der Waals surface area contributed by atoms with Crippen molar-refractivity contribution in [1.29, 1.82) is 0 Å². The molecule has 1 N–H and O–H groups in total. The first-order valence-electron chi connectivity index (χ1n) is 5.67. The first-order valence-corrected chi connectivity index (χ1v) is 5.67. The summed E-state index contributed by atoms with van der Waals surface area (Å²) in [5.41, 5.74) is 2.68. The number of hydrogen-bond donors (Lipinski definition) is 1. The minimum atomic E-state index is -0.353. The van der Waals surface area contributed by atoms with Crippen molar-refractivity contribution in [3.8, 4) is 0 Å². The highest BCUT2D eigenvalue weighted by Crippen LogP contribution is 2.19. The van der Waals surface area contributed by atoms with Crippen molar-refractivity contribution in [1.82, 2.24) is 15.1 Å². The molecule has 0 radical (unpaired) electrons. The lowest BCUT2D eigenvalue weighted by Gasteiger charge is -2.02. The molecule has 0 saturated carbocycles. The first kappa shape index (κ1) is 12.2. The van der Waals surface area contributed by atoms with Crippen LogP contribution in [0.3, 0.4) is 0 Å². The van der Waals surface area contributed by atoms with Gasteiger partial charge in [-0.2, -0.15) is 0 Å². The Morgan fingerprint density at radius 1 is 1.33 bits per heavy atom. The van der Waals surface area contributed by atoms with Gasteiger partial charge in [0, 0.05) is 11.8 Å². The highest BCUT2D eigenvalue weighted by Gasteiger charge is 2.15. The predicted molar refractivity (Wildman–Crippen MR) is 65.3 cm³/mol. The van der Waals surface area contributed by atoms with Crippen molar-refractivity contribution in [2.75, 3.05) is 5.32 Å². The van der Waals surface area contributed by atoms with Crippen LogP contribution in [0.1, 0.15) is 34.4 Å². The van der Waals surface area contributed by atoms with Crippen LogP contribution < -0.4 is 5.32 Å². The number of hydrogen-bond acceptors (Lipinski definition) is 5. The monoisotopic (exact) mass is 246 g/mol. The van der Waals surface area contributed by atoms with Crippen LogP contribution in [0.25, 0.3) is 0 Å². The largest absolute Gasteiger partial charge is 0.338 e. The predicted octanol–water partition coefficient (Wildman–Crippen LogP) is 1.90. The number of rotatable bonds is 3. The van der Waals surface area contributed by atoms with Crippen LogP contribution in [0.4, 0.5) is 5.88 Å². The average molecular weight is 246 g/mol. The zero-order chi connectivity index (χ0) is 13.1. The molecular weight excluding hydrogens is 232 g/mol. The fourth-order valence-corrected chi connectivity index (χ4v) is 1.58. The van der Waals surface area contributed by atoms with Gasteiger partial charge in [0.25, 0.3) is 5.91 Å². The summed E-state index contributed by atoms with van der Waals surface area (Å²) in [7, 11) is 0. The maximum Gasteiger partial charge on any atom is 0.278 e. The van der Waals surface area contributed by atoms with E-state index >= 15 is 0 Å². The van der Waals surface area contributed by atoms with Gasteiger partial charge in [0.2, 0.25) is 5.88 Å². The Balaban J connectivity index is 2.18. The summed E-state index contributed by atoms with van der Waals surface area (Å²) >= 11 is 0. The fraction of sp³-hybridized carbons (Fsp3) is 0.333. The zero-order valence-electron chi connectivity index (χ0n) is 10.5. The Labute approximate surface area is 104 Å². The van der Waals surface area contributed by atoms with Gasteiger partial charge in [0.15, 0.2) is 0 Å². The molecule has 0 fully saturated rings. The van der Waals surface area contributed by atoms with Crippen LogP contribution in [0.15, 0.2) is 16.9 Å². The van der Waals surface area contributed by atoms with E-state index in [2.05, 4.69) is 20.4 Å². The third kappa shape index (κ3) is 2.37. The lowest BCUT2D eigenvalue weighted by Crippen LogP contribution is -2.14. The molecule has 18 heavy (non-hydrogen) atoms. The zero-order valence-corrected chi connectivity index (χ0v) is 10.5. The number of aryl methyl sites for hydroxylation is 2. The van der Waals surface area contributed by atoms with Crippen molar-refractivity contribution in [3.05, 3.63) is 35.0 Å². The highest BCUT2D eigenvalue weighted by atomic mass is 16.5. The molecule has 2 aromatic rings. The van der Waals surface area contributed by atoms with Crippen molar-refractivity contribution in [3.63, 3.8) is 0 Å². The van der Waals surface area contributed by atoms with E-state index in [0.717, 1.165) is 23.4 Å². The van der Waals surface area contributed by atoms with Gasteiger partial charge in [-0.3, -0.25) is 15.1 Å². The van der Waals surface area contributed by atoms with Crippen molar-refractivity contribution >= 4 is 11.8 Å². The van der Waals surface area contributed by atoms with Crippen LogP contribution in [-0.4, -0.2) is 21.0 Å². The molecule has 94 valence electrons. The van der Waals surface area contributed by atoms with E-state index in [4.69, 9.17) is 4.52 Å². The van der Waals surface area contributed by atoms with Crippen LogP contribution in [-0.2, 0) is 6.42 Å². The van der Waals surface area contributed by atoms with Gasteiger partial charge in [-0.05, 0) is 20.3 Å². The Bertz CT molecular complexity index is 560. The Hall–Kier alpha value is -2.24. The number of nitrogens with one attached hydrogen (secondary N) is 1. The molecule has 0 atom stereocenters. The summed E-state index contributed by atoms with van der Waals surface area (Å²) in [4.78, 5) is 19.9. The maximum absolute atomic E-state index is 11.9. The van der Waals surface area contributed by atoms with Gasteiger partial charge in [-0.25, -0.2) is 4.98 Å². The number of carbonyl (C=O) groups is 1. The molecule has 6 nitrogen and oxygen atoms in total. The summed E-state index contributed by atoms with van der Waals surface area (Å²) in [6, 6.07) is 0. The summed E-state index contributed by atoms with van der Waals surface area (Å²) in [5.74, 6) is 0.0238. The van der Waals surface area contributed by atoms with Gasteiger partial charge >= 0.3 is 0 Å². The molecule has 2 rings (SSSR count). The number of nitrogens with zero attached hydrogens (tertiary/aromatic N) is 3. The van der Waals surface area contributed by atoms with E-state index in [1.807, 2.05) is 20.8 Å². The van der Waals surface area contributed by atoms with E-state index in [1.54, 1.807) is 6.20 Å². The molecule has 0 aliphatic carbocycles. The van der Waals surface area contributed by atoms with E-state index < -0.39 is 0 Å². The Morgan fingerprint density at radius 3 is 2.72 bits per heavy atom.